The zero-order valence-corrected chi connectivity index (χ0v) is 10.3. The van der Waals surface area contributed by atoms with Gasteiger partial charge in [-0.25, -0.2) is 8.42 Å². The van der Waals surface area contributed by atoms with E-state index >= 15 is 0 Å². The highest BCUT2D eigenvalue weighted by Crippen LogP contribution is 2.21. The summed E-state index contributed by atoms with van der Waals surface area (Å²) in [7, 11) is -2.48. The van der Waals surface area contributed by atoms with Crippen LogP contribution in [0.25, 0.3) is 0 Å². The van der Waals surface area contributed by atoms with Crippen molar-refractivity contribution < 1.29 is 18.0 Å². The Bertz CT molecular complexity index is 603. The first kappa shape index (κ1) is 12.5. The van der Waals surface area contributed by atoms with Crippen LogP contribution in [0.5, 0.6) is 0 Å². The molecule has 2 rings (SSSR count). The fourth-order valence-corrected chi connectivity index (χ4v) is 3.05. The molecule has 3 N–H and O–H groups in total. The summed E-state index contributed by atoms with van der Waals surface area (Å²) >= 11 is 0. The monoisotopic (exact) mass is 273 g/mol. The third-order valence-electron chi connectivity index (χ3n) is 2.36. The molecule has 0 unspecified atom stereocenters. The maximum Gasteiger partial charge on any atom is 0.249 e. The average molecular weight is 273 g/mol. The molecule has 0 aromatic carbocycles. The first-order valence-electron chi connectivity index (χ1n) is 4.92. The molecule has 0 saturated carbocycles. The van der Waals surface area contributed by atoms with Crippen molar-refractivity contribution in [3.8, 4) is 0 Å². The Morgan fingerprint density at radius 1 is 1.33 bits per heavy atom. The molecule has 9 nitrogen and oxygen atoms in total. The van der Waals surface area contributed by atoms with Crippen molar-refractivity contribution >= 4 is 27.7 Å². The van der Waals surface area contributed by atoms with E-state index in [-0.39, 0.29) is 10.7 Å². The Hall–Kier alpha value is -1.94. The first-order chi connectivity index (χ1) is 8.30. The molecular formula is C8H11N5O4S. The fraction of sp³-hybridized carbons (Fsp3) is 0.375. The van der Waals surface area contributed by atoms with E-state index in [4.69, 9.17) is 5.73 Å². The van der Waals surface area contributed by atoms with Crippen molar-refractivity contribution in [3.05, 3.63) is 6.20 Å². The van der Waals surface area contributed by atoms with Gasteiger partial charge in [-0.05, 0) is 0 Å². The van der Waals surface area contributed by atoms with Gasteiger partial charge < -0.3 is 5.73 Å². The van der Waals surface area contributed by atoms with Crippen molar-refractivity contribution in [2.75, 3.05) is 18.8 Å². The molecule has 2 heterocycles. The minimum atomic E-state index is -3.99. The molecule has 1 aromatic rings. The van der Waals surface area contributed by atoms with Gasteiger partial charge in [-0.2, -0.15) is 9.40 Å². The summed E-state index contributed by atoms with van der Waals surface area (Å²) in [5.74, 6) is -1.51. The first-order valence-corrected chi connectivity index (χ1v) is 6.36. The Labute approximate surface area is 103 Å². The number of nitrogens with two attached hydrogens (primary N) is 1. The van der Waals surface area contributed by atoms with Crippen molar-refractivity contribution in [2.24, 2.45) is 7.05 Å². The smallest absolute Gasteiger partial charge is 0.249 e. The van der Waals surface area contributed by atoms with Crippen LogP contribution in [0.3, 0.4) is 0 Å². The molecule has 0 aliphatic carbocycles. The number of nitrogen functional groups attached to an aromatic ring is 1. The summed E-state index contributed by atoms with van der Waals surface area (Å²) in [6, 6.07) is 0. The number of aromatic nitrogens is 2. The summed E-state index contributed by atoms with van der Waals surface area (Å²) in [5, 5.41) is 5.73. The van der Waals surface area contributed by atoms with E-state index in [1.165, 1.54) is 17.9 Å². The predicted octanol–water partition coefficient (Wildman–Crippen LogP) is -2.35. The number of sulfonamides is 1. The molecule has 1 saturated heterocycles. The van der Waals surface area contributed by atoms with Crippen molar-refractivity contribution in [3.63, 3.8) is 0 Å². The van der Waals surface area contributed by atoms with Crippen LogP contribution in [0.15, 0.2) is 11.1 Å². The van der Waals surface area contributed by atoms with Crippen molar-refractivity contribution in [1.82, 2.24) is 19.4 Å². The minimum Gasteiger partial charge on any atom is -0.381 e. The number of hydrogen-bond donors (Lipinski definition) is 2. The Morgan fingerprint density at radius 3 is 2.33 bits per heavy atom. The summed E-state index contributed by atoms with van der Waals surface area (Å²) in [6.07, 6.45) is 1.22. The second-order valence-electron chi connectivity index (χ2n) is 3.80. The molecule has 1 aromatic heterocycles. The standard InChI is InChI=1S/C8H11N5O4S/c1-12-2-5(8(9)11-12)18(16,17)13-3-6(14)10-7(15)4-13/h2H,3-4H2,1H3,(H2,9,11)(H,10,14,15). The van der Waals surface area contributed by atoms with Gasteiger partial charge in [0, 0.05) is 13.2 Å². The molecule has 0 spiro atoms. The second kappa shape index (κ2) is 4.07. The van der Waals surface area contributed by atoms with Gasteiger partial charge in [0.05, 0.1) is 13.1 Å². The lowest BCUT2D eigenvalue weighted by molar-refractivity contribution is -0.134. The highest BCUT2D eigenvalue weighted by atomic mass is 32.2. The fourth-order valence-electron chi connectivity index (χ4n) is 1.60. The third kappa shape index (κ3) is 2.07. The highest BCUT2D eigenvalue weighted by molar-refractivity contribution is 7.89. The van der Waals surface area contributed by atoms with E-state index in [0.29, 0.717) is 0 Å². The van der Waals surface area contributed by atoms with Gasteiger partial charge in [0.25, 0.3) is 0 Å². The molecule has 2 amide bonds. The minimum absolute atomic E-state index is 0.170. The van der Waals surface area contributed by atoms with Crippen LogP contribution in [-0.4, -0.2) is 47.4 Å². The van der Waals surface area contributed by atoms with Gasteiger partial charge in [0.15, 0.2) is 5.82 Å². The molecule has 18 heavy (non-hydrogen) atoms. The number of nitrogens with zero attached hydrogens (tertiary/aromatic N) is 3. The van der Waals surface area contributed by atoms with Crippen LogP contribution >= 0.6 is 0 Å². The SMILES string of the molecule is Cn1cc(S(=O)(=O)N2CC(=O)NC(=O)C2)c(N)n1. The quantitative estimate of drug-likeness (QED) is 0.581. The van der Waals surface area contributed by atoms with Crippen LogP contribution in [-0.2, 0) is 26.7 Å². The van der Waals surface area contributed by atoms with Crippen LogP contribution in [0.1, 0.15) is 0 Å². The number of carbonyl (C=O) groups is 2. The number of aryl methyl sites for hydroxylation is 1. The lowest BCUT2D eigenvalue weighted by Crippen LogP contribution is -2.53. The maximum atomic E-state index is 12.2. The molecule has 1 fully saturated rings. The number of rotatable bonds is 2. The van der Waals surface area contributed by atoms with Gasteiger partial charge in [-0.1, -0.05) is 0 Å². The number of anilines is 1. The number of amides is 2. The molecule has 0 radical (unpaired) electrons. The average Bonchev–Trinajstić information content (AvgIpc) is 2.57. The van der Waals surface area contributed by atoms with Crippen LogP contribution in [0.4, 0.5) is 5.82 Å². The van der Waals surface area contributed by atoms with Crippen molar-refractivity contribution in [1.29, 1.82) is 0 Å². The Kier molecular flexibility index (Phi) is 2.83. The van der Waals surface area contributed by atoms with Gasteiger partial charge in [0.1, 0.15) is 4.90 Å². The van der Waals surface area contributed by atoms with Crippen LogP contribution < -0.4 is 11.1 Å². The van der Waals surface area contributed by atoms with E-state index < -0.39 is 34.9 Å². The molecular weight excluding hydrogens is 262 g/mol. The number of nitrogens with one attached hydrogen (secondary N) is 1. The van der Waals surface area contributed by atoms with E-state index in [1.54, 1.807) is 0 Å². The van der Waals surface area contributed by atoms with Gasteiger partial charge >= 0.3 is 0 Å². The normalized spacial score (nSPS) is 17.8. The maximum absolute atomic E-state index is 12.2. The number of imide groups is 1. The zero-order valence-electron chi connectivity index (χ0n) is 9.45. The highest BCUT2D eigenvalue weighted by Gasteiger charge is 2.35. The summed E-state index contributed by atoms with van der Waals surface area (Å²) in [4.78, 5) is 22.1. The second-order valence-corrected chi connectivity index (χ2v) is 5.70. The number of piperazine rings is 1. The summed E-state index contributed by atoms with van der Waals surface area (Å²) in [5.41, 5.74) is 5.48. The van der Waals surface area contributed by atoms with E-state index in [0.717, 1.165) is 4.31 Å². The summed E-state index contributed by atoms with van der Waals surface area (Å²) < 4.78 is 26.4. The Morgan fingerprint density at radius 2 is 1.89 bits per heavy atom. The van der Waals surface area contributed by atoms with Crippen LogP contribution in [0, 0.1) is 0 Å². The third-order valence-corrected chi connectivity index (χ3v) is 4.17. The van der Waals surface area contributed by atoms with Gasteiger partial charge in [-0.15, -0.1) is 0 Å². The van der Waals surface area contributed by atoms with E-state index in [2.05, 4.69) is 5.10 Å². The van der Waals surface area contributed by atoms with E-state index in [9.17, 15) is 18.0 Å². The largest absolute Gasteiger partial charge is 0.381 e. The molecule has 1 aliphatic rings. The lowest BCUT2D eigenvalue weighted by atomic mass is 10.4. The van der Waals surface area contributed by atoms with Crippen LogP contribution in [0.2, 0.25) is 0 Å². The predicted molar refractivity (Wildman–Crippen MR) is 59.5 cm³/mol. The van der Waals surface area contributed by atoms with Gasteiger partial charge in [-0.3, -0.25) is 19.6 Å². The summed E-state index contributed by atoms with van der Waals surface area (Å²) in [6.45, 7) is -0.829. The van der Waals surface area contributed by atoms with Gasteiger partial charge in [0.2, 0.25) is 21.8 Å². The molecule has 98 valence electrons. The molecule has 1 aliphatic heterocycles. The number of carbonyl (C=O) groups excluding carboxylic acids is 2. The molecule has 0 bridgehead atoms. The Balaban J connectivity index is 2.40. The van der Waals surface area contributed by atoms with E-state index in [1.807, 2.05) is 5.32 Å². The lowest BCUT2D eigenvalue weighted by Gasteiger charge is -2.24. The molecule has 0 atom stereocenters. The molecule has 10 heteroatoms. The topological polar surface area (TPSA) is 127 Å². The zero-order chi connectivity index (χ0) is 13.5. The van der Waals surface area contributed by atoms with Crippen molar-refractivity contribution in [2.45, 2.75) is 4.90 Å². The number of hydrogen-bond acceptors (Lipinski definition) is 6.